The van der Waals surface area contributed by atoms with Crippen LogP contribution in [-0.4, -0.2) is 48.6 Å². The molecular formula is C24H26FNO5. The number of amides is 1. The van der Waals surface area contributed by atoms with Crippen LogP contribution in [0.4, 0.5) is 4.39 Å². The summed E-state index contributed by atoms with van der Waals surface area (Å²) in [6.07, 6.45) is 1.37. The van der Waals surface area contributed by atoms with Gasteiger partial charge >= 0.3 is 0 Å². The van der Waals surface area contributed by atoms with E-state index in [-0.39, 0.29) is 23.4 Å². The van der Waals surface area contributed by atoms with E-state index < -0.39 is 23.5 Å². The van der Waals surface area contributed by atoms with Crippen molar-refractivity contribution in [2.75, 3.05) is 26.9 Å². The largest absolute Gasteiger partial charge is 0.507 e. The first kappa shape index (κ1) is 22.5. The van der Waals surface area contributed by atoms with Crippen molar-refractivity contribution in [3.8, 4) is 5.75 Å². The fourth-order valence-corrected chi connectivity index (χ4v) is 3.59. The number of benzene rings is 2. The monoisotopic (exact) mass is 427 g/mol. The van der Waals surface area contributed by atoms with Gasteiger partial charge in [0.2, 0.25) is 0 Å². The molecule has 1 amide bonds. The molecule has 0 aliphatic carbocycles. The van der Waals surface area contributed by atoms with Crippen LogP contribution in [0.1, 0.15) is 36.9 Å². The van der Waals surface area contributed by atoms with Crippen molar-refractivity contribution in [1.82, 2.24) is 4.90 Å². The summed E-state index contributed by atoms with van der Waals surface area (Å²) in [6.45, 7) is 3.24. The van der Waals surface area contributed by atoms with Gasteiger partial charge in [-0.05, 0) is 54.8 Å². The lowest BCUT2D eigenvalue weighted by molar-refractivity contribution is -0.140. The fourth-order valence-electron chi connectivity index (χ4n) is 3.59. The number of ketones is 1. The van der Waals surface area contributed by atoms with Crippen LogP contribution in [0.3, 0.4) is 0 Å². The van der Waals surface area contributed by atoms with Crippen LogP contribution < -0.4 is 4.74 Å². The van der Waals surface area contributed by atoms with Crippen LogP contribution in [0.15, 0.2) is 54.1 Å². The molecule has 1 atom stereocenters. The minimum Gasteiger partial charge on any atom is -0.507 e. The normalized spacial score (nSPS) is 17.9. The third-order valence-corrected chi connectivity index (χ3v) is 5.05. The number of rotatable bonds is 9. The standard InChI is InChI=1S/C24H26FNO5/c1-3-13-31-19-7-4-6-17(15-19)21-20(22(27)16-8-10-18(25)11-9-16)23(28)24(29)26(21)12-5-14-30-2/h4,6-11,15,21,27H,3,5,12-14H2,1-2H3/b22-20-. The van der Waals surface area contributed by atoms with Crippen molar-refractivity contribution < 1.29 is 28.6 Å². The zero-order valence-electron chi connectivity index (χ0n) is 17.6. The number of carbonyl (C=O) groups excluding carboxylic acids is 2. The van der Waals surface area contributed by atoms with E-state index in [1.165, 1.54) is 29.2 Å². The maximum atomic E-state index is 13.3. The van der Waals surface area contributed by atoms with Gasteiger partial charge in [-0.25, -0.2) is 4.39 Å². The lowest BCUT2D eigenvalue weighted by Crippen LogP contribution is -2.31. The minimum absolute atomic E-state index is 0.0262. The Morgan fingerprint density at radius 2 is 1.87 bits per heavy atom. The molecule has 6 nitrogen and oxygen atoms in total. The van der Waals surface area contributed by atoms with Gasteiger partial charge in [-0.2, -0.15) is 0 Å². The molecule has 1 saturated heterocycles. The van der Waals surface area contributed by atoms with Gasteiger partial charge in [0.15, 0.2) is 0 Å². The molecule has 0 aromatic heterocycles. The summed E-state index contributed by atoms with van der Waals surface area (Å²) in [7, 11) is 1.56. The molecule has 1 N–H and O–H groups in total. The highest BCUT2D eigenvalue weighted by Crippen LogP contribution is 2.40. The minimum atomic E-state index is -0.785. The number of ether oxygens (including phenoxy) is 2. The van der Waals surface area contributed by atoms with Gasteiger partial charge in [-0.3, -0.25) is 9.59 Å². The smallest absolute Gasteiger partial charge is 0.295 e. The van der Waals surface area contributed by atoms with Crippen molar-refractivity contribution >= 4 is 17.4 Å². The second-order valence-corrected chi connectivity index (χ2v) is 7.27. The summed E-state index contributed by atoms with van der Waals surface area (Å²) in [4.78, 5) is 27.2. The van der Waals surface area contributed by atoms with Gasteiger partial charge in [-0.1, -0.05) is 19.1 Å². The Hall–Kier alpha value is -3.19. The van der Waals surface area contributed by atoms with Crippen LogP contribution in [0.25, 0.3) is 5.76 Å². The molecule has 1 fully saturated rings. The molecule has 3 rings (SSSR count). The van der Waals surface area contributed by atoms with Gasteiger partial charge in [0.1, 0.15) is 17.3 Å². The van der Waals surface area contributed by atoms with E-state index in [1.807, 2.05) is 6.92 Å². The summed E-state index contributed by atoms with van der Waals surface area (Å²) in [6, 6.07) is 11.5. The Morgan fingerprint density at radius 3 is 2.55 bits per heavy atom. The summed E-state index contributed by atoms with van der Waals surface area (Å²) in [5.41, 5.74) is 0.884. The van der Waals surface area contributed by atoms with Crippen LogP contribution in [-0.2, 0) is 14.3 Å². The van der Waals surface area contributed by atoms with Crippen molar-refractivity contribution in [3.05, 3.63) is 71.0 Å². The lowest BCUT2D eigenvalue weighted by atomic mass is 9.95. The summed E-state index contributed by atoms with van der Waals surface area (Å²) >= 11 is 0. The quantitative estimate of drug-likeness (QED) is 0.283. The van der Waals surface area contributed by atoms with E-state index in [0.29, 0.717) is 30.9 Å². The molecule has 2 aromatic rings. The zero-order chi connectivity index (χ0) is 22.4. The lowest BCUT2D eigenvalue weighted by Gasteiger charge is -2.25. The van der Waals surface area contributed by atoms with Gasteiger partial charge < -0.3 is 19.5 Å². The molecule has 1 unspecified atom stereocenters. The van der Waals surface area contributed by atoms with Gasteiger partial charge in [0.05, 0.1) is 18.2 Å². The summed E-state index contributed by atoms with van der Waals surface area (Å²) in [5.74, 6) is -1.65. The van der Waals surface area contributed by atoms with E-state index in [0.717, 1.165) is 6.42 Å². The van der Waals surface area contributed by atoms with E-state index in [4.69, 9.17) is 9.47 Å². The van der Waals surface area contributed by atoms with Crippen LogP contribution >= 0.6 is 0 Å². The average Bonchev–Trinajstić information content (AvgIpc) is 3.03. The van der Waals surface area contributed by atoms with E-state index in [2.05, 4.69) is 0 Å². The molecule has 1 aliphatic heterocycles. The number of Topliss-reactive ketones (excluding diaryl/α,β-unsaturated/α-hetero) is 1. The number of hydrogen-bond donors (Lipinski definition) is 1. The number of carbonyl (C=O) groups is 2. The first-order valence-electron chi connectivity index (χ1n) is 10.2. The van der Waals surface area contributed by atoms with Gasteiger partial charge in [0, 0.05) is 25.8 Å². The Balaban J connectivity index is 2.09. The predicted octanol–water partition coefficient (Wildman–Crippen LogP) is 4.07. The number of methoxy groups -OCH3 is 1. The number of aliphatic hydroxyl groups is 1. The van der Waals surface area contributed by atoms with Crippen molar-refractivity contribution in [2.45, 2.75) is 25.8 Å². The van der Waals surface area contributed by atoms with Crippen molar-refractivity contribution in [2.24, 2.45) is 0 Å². The number of nitrogens with zero attached hydrogens (tertiary/aromatic N) is 1. The van der Waals surface area contributed by atoms with E-state index in [1.54, 1.807) is 31.4 Å². The maximum Gasteiger partial charge on any atom is 0.295 e. The molecule has 0 saturated carbocycles. The third-order valence-electron chi connectivity index (χ3n) is 5.05. The summed E-state index contributed by atoms with van der Waals surface area (Å²) in [5, 5.41) is 10.9. The first-order chi connectivity index (χ1) is 15.0. The van der Waals surface area contributed by atoms with Crippen LogP contribution in [0.2, 0.25) is 0 Å². The molecule has 7 heteroatoms. The van der Waals surface area contributed by atoms with Crippen LogP contribution in [0.5, 0.6) is 5.75 Å². The highest BCUT2D eigenvalue weighted by atomic mass is 19.1. The Labute approximate surface area is 180 Å². The molecule has 1 aliphatic rings. The molecule has 164 valence electrons. The van der Waals surface area contributed by atoms with E-state index >= 15 is 0 Å². The number of hydrogen-bond acceptors (Lipinski definition) is 5. The Kier molecular flexibility index (Phi) is 7.41. The molecule has 0 radical (unpaired) electrons. The fraction of sp³-hybridized carbons (Fsp3) is 0.333. The van der Waals surface area contributed by atoms with Crippen molar-refractivity contribution in [3.63, 3.8) is 0 Å². The number of likely N-dealkylation sites (tertiary alicyclic amines) is 1. The molecular weight excluding hydrogens is 401 g/mol. The van der Waals surface area contributed by atoms with E-state index in [9.17, 15) is 19.1 Å². The second kappa shape index (κ2) is 10.2. The maximum absolute atomic E-state index is 13.3. The summed E-state index contributed by atoms with van der Waals surface area (Å²) < 4.78 is 24.1. The predicted molar refractivity (Wildman–Crippen MR) is 114 cm³/mol. The highest BCUT2D eigenvalue weighted by Gasteiger charge is 2.45. The Bertz CT molecular complexity index is 970. The number of halogens is 1. The molecule has 1 heterocycles. The van der Waals surface area contributed by atoms with Crippen molar-refractivity contribution in [1.29, 1.82) is 0 Å². The highest BCUT2D eigenvalue weighted by molar-refractivity contribution is 6.46. The Morgan fingerprint density at radius 1 is 1.13 bits per heavy atom. The molecule has 0 spiro atoms. The first-order valence-corrected chi connectivity index (χ1v) is 10.2. The SMILES string of the molecule is CCCOc1cccc(C2/C(=C(/O)c3ccc(F)cc3)C(=O)C(=O)N2CCCOC)c1. The van der Waals surface area contributed by atoms with Crippen LogP contribution in [0, 0.1) is 5.82 Å². The average molecular weight is 427 g/mol. The topological polar surface area (TPSA) is 76.1 Å². The molecule has 31 heavy (non-hydrogen) atoms. The number of aliphatic hydroxyl groups excluding tert-OH is 1. The van der Waals surface area contributed by atoms with Gasteiger partial charge in [0.25, 0.3) is 11.7 Å². The zero-order valence-corrected chi connectivity index (χ0v) is 17.6. The third kappa shape index (κ3) is 4.94. The van der Waals surface area contributed by atoms with Gasteiger partial charge in [-0.15, -0.1) is 0 Å². The second-order valence-electron chi connectivity index (χ2n) is 7.27. The molecule has 2 aromatic carbocycles. The molecule has 0 bridgehead atoms.